The maximum atomic E-state index is 12.4. The van der Waals surface area contributed by atoms with Crippen LogP contribution in [0.15, 0.2) is 72.8 Å². The lowest BCUT2D eigenvalue weighted by Gasteiger charge is -2.44. The number of aliphatic hydroxyl groups is 1. The fraction of sp³-hybridized carbons (Fsp3) is 0.474. The van der Waals surface area contributed by atoms with Gasteiger partial charge in [-0.15, -0.1) is 0 Å². The van der Waals surface area contributed by atoms with Crippen molar-refractivity contribution in [3.05, 3.63) is 95.1 Å². The van der Waals surface area contributed by atoms with E-state index in [4.69, 9.17) is 23.7 Å². The number of hydrogen-bond donors (Lipinski definition) is 2. The normalized spacial score (nSPS) is 24.7. The number of esters is 1. The summed E-state index contributed by atoms with van der Waals surface area (Å²) in [5.74, 6) is -1.19. The molecular formula is C38H46N2O8. The lowest BCUT2D eigenvalue weighted by Crippen LogP contribution is -2.50. The summed E-state index contributed by atoms with van der Waals surface area (Å²) < 4.78 is 30.4. The smallest absolute Gasteiger partial charge is 0.303 e. The highest BCUT2D eigenvalue weighted by molar-refractivity contribution is 5.82. The zero-order valence-electron chi connectivity index (χ0n) is 27.9. The van der Waals surface area contributed by atoms with Gasteiger partial charge in [-0.05, 0) is 46.9 Å². The van der Waals surface area contributed by atoms with E-state index in [2.05, 4.69) is 29.3 Å². The predicted octanol–water partition coefficient (Wildman–Crippen LogP) is 5.04. The highest BCUT2D eigenvalue weighted by Gasteiger charge is 2.43. The second-order valence-corrected chi connectivity index (χ2v) is 13.0. The Bertz CT molecular complexity index is 1550. The van der Waals surface area contributed by atoms with Crippen molar-refractivity contribution in [2.45, 2.75) is 77.2 Å². The minimum atomic E-state index is -0.859. The van der Waals surface area contributed by atoms with E-state index in [-0.39, 0.29) is 30.6 Å². The molecule has 0 radical (unpaired) electrons. The van der Waals surface area contributed by atoms with Gasteiger partial charge in [0.15, 0.2) is 18.2 Å². The molecule has 3 fully saturated rings. The number of nitrogens with one attached hydrogen (secondary N) is 1. The van der Waals surface area contributed by atoms with Gasteiger partial charge < -0.3 is 39.0 Å². The molecule has 0 aliphatic carbocycles. The van der Waals surface area contributed by atoms with Gasteiger partial charge in [-0.1, -0.05) is 67.6 Å². The SMILES string of the molecule is CC(=O)OC(C)C(=O)NCc1cccc(-c2cccc(C3OC(CN4CCC5(CC4)OCCO5)C(C)C(c4ccc(CO)cc4)O3)c2)c1. The van der Waals surface area contributed by atoms with E-state index in [0.29, 0.717) is 19.8 Å². The summed E-state index contributed by atoms with van der Waals surface area (Å²) in [5, 5.41) is 12.5. The van der Waals surface area contributed by atoms with E-state index >= 15 is 0 Å². The standard InChI is InChI=1S/C38H46N2O8/c1-25-34(23-40-16-14-38(15-17-40)44-18-19-45-38)47-37(48-35(25)30-12-10-28(24-41)11-13-30)33-9-5-8-32(21-33)31-7-4-6-29(20-31)22-39-36(43)26(2)46-27(3)42/h4-13,20-21,25-26,34-35,37,41H,14-19,22-24H2,1-3H3,(H,39,43). The van der Waals surface area contributed by atoms with Crippen LogP contribution >= 0.6 is 0 Å². The van der Waals surface area contributed by atoms with Crippen molar-refractivity contribution in [2.75, 3.05) is 32.8 Å². The molecule has 3 aromatic rings. The van der Waals surface area contributed by atoms with Crippen LogP contribution in [0.5, 0.6) is 0 Å². The molecule has 3 heterocycles. The first-order chi connectivity index (χ1) is 23.2. The van der Waals surface area contributed by atoms with Crippen molar-refractivity contribution in [2.24, 2.45) is 5.92 Å². The van der Waals surface area contributed by atoms with Crippen LogP contribution in [0.25, 0.3) is 11.1 Å². The number of piperidine rings is 1. The third-order valence-corrected chi connectivity index (χ3v) is 9.59. The second kappa shape index (κ2) is 15.3. The molecule has 0 bridgehead atoms. The van der Waals surface area contributed by atoms with Crippen LogP contribution in [0, 0.1) is 5.92 Å². The van der Waals surface area contributed by atoms with Crippen molar-refractivity contribution in [3.63, 3.8) is 0 Å². The van der Waals surface area contributed by atoms with Gasteiger partial charge in [0.2, 0.25) is 0 Å². The maximum absolute atomic E-state index is 12.4. The molecule has 5 unspecified atom stereocenters. The average Bonchev–Trinajstić information content (AvgIpc) is 3.57. The fourth-order valence-corrected chi connectivity index (χ4v) is 6.81. The largest absolute Gasteiger partial charge is 0.453 e. The number of amides is 1. The van der Waals surface area contributed by atoms with Gasteiger partial charge >= 0.3 is 5.97 Å². The lowest BCUT2D eigenvalue weighted by atomic mass is 9.89. The molecule has 10 nitrogen and oxygen atoms in total. The van der Waals surface area contributed by atoms with Crippen molar-refractivity contribution in [3.8, 4) is 11.1 Å². The van der Waals surface area contributed by atoms with Gasteiger partial charge in [-0.3, -0.25) is 9.59 Å². The molecule has 256 valence electrons. The Labute approximate surface area is 282 Å². The van der Waals surface area contributed by atoms with Gasteiger partial charge in [0, 0.05) is 57.4 Å². The first-order valence-corrected chi connectivity index (χ1v) is 16.9. The van der Waals surface area contributed by atoms with Crippen molar-refractivity contribution in [1.82, 2.24) is 10.2 Å². The molecule has 1 amide bonds. The fourth-order valence-electron chi connectivity index (χ4n) is 6.81. The Morgan fingerprint density at radius 2 is 1.62 bits per heavy atom. The number of benzene rings is 3. The number of hydrogen-bond acceptors (Lipinski definition) is 9. The summed E-state index contributed by atoms with van der Waals surface area (Å²) in [5.41, 5.74) is 5.74. The summed E-state index contributed by atoms with van der Waals surface area (Å²) in [6.07, 6.45) is -0.0503. The highest BCUT2D eigenvalue weighted by atomic mass is 16.7. The van der Waals surface area contributed by atoms with Gasteiger partial charge in [0.25, 0.3) is 5.91 Å². The van der Waals surface area contributed by atoms with Crippen LogP contribution in [0.4, 0.5) is 0 Å². The molecule has 1 spiro atoms. The molecule has 3 saturated heterocycles. The molecule has 3 aromatic carbocycles. The van der Waals surface area contributed by atoms with Gasteiger partial charge in [-0.25, -0.2) is 0 Å². The molecule has 0 aromatic heterocycles. The van der Waals surface area contributed by atoms with Gasteiger partial charge in [-0.2, -0.15) is 0 Å². The van der Waals surface area contributed by atoms with E-state index in [1.54, 1.807) is 6.92 Å². The Hall–Kier alpha value is -3.64. The number of ether oxygens (including phenoxy) is 5. The number of aliphatic hydroxyl groups excluding tert-OH is 1. The van der Waals surface area contributed by atoms with Crippen LogP contribution in [-0.2, 0) is 46.4 Å². The van der Waals surface area contributed by atoms with E-state index < -0.39 is 24.2 Å². The molecular weight excluding hydrogens is 612 g/mol. The van der Waals surface area contributed by atoms with Crippen LogP contribution in [-0.4, -0.2) is 72.7 Å². The van der Waals surface area contributed by atoms with E-state index in [9.17, 15) is 14.7 Å². The Kier molecular flexibility index (Phi) is 10.9. The summed E-state index contributed by atoms with van der Waals surface area (Å²) in [4.78, 5) is 26.0. The minimum absolute atomic E-state index is 0.00658. The number of carbonyl (C=O) groups is 2. The molecule has 10 heteroatoms. The Balaban J connectivity index is 1.19. The van der Waals surface area contributed by atoms with E-state index in [1.165, 1.54) is 6.92 Å². The zero-order chi connectivity index (χ0) is 33.7. The summed E-state index contributed by atoms with van der Waals surface area (Å²) in [6, 6.07) is 24.2. The number of nitrogens with zero attached hydrogens (tertiary/aromatic N) is 1. The van der Waals surface area contributed by atoms with Gasteiger partial charge in [0.05, 0.1) is 32.0 Å². The Morgan fingerprint density at radius 3 is 2.31 bits per heavy atom. The zero-order valence-corrected chi connectivity index (χ0v) is 27.9. The lowest BCUT2D eigenvalue weighted by molar-refractivity contribution is -0.278. The van der Waals surface area contributed by atoms with Crippen LogP contribution in [0.2, 0.25) is 0 Å². The molecule has 6 rings (SSSR count). The Morgan fingerprint density at radius 1 is 0.938 bits per heavy atom. The number of likely N-dealkylation sites (tertiary alicyclic amines) is 1. The van der Waals surface area contributed by atoms with E-state index in [1.807, 2.05) is 60.7 Å². The highest BCUT2D eigenvalue weighted by Crippen LogP contribution is 2.43. The molecule has 0 saturated carbocycles. The number of rotatable bonds is 10. The quantitative estimate of drug-likeness (QED) is 0.289. The van der Waals surface area contributed by atoms with Crippen LogP contribution < -0.4 is 5.32 Å². The maximum Gasteiger partial charge on any atom is 0.303 e. The van der Waals surface area contributed by atoms with Crippen molar-refractivity contribution < 1.29 is 38.4 Å². The van der Waals surface area contributed by atoms with Gasteiger partial charge in [0.1, 0.15) is 0 Å². The van der Waals surface area contributed by atoms with Crippen LogP contribution in [0.1, 0.15) is 68.3 Å². The van der Waals surface area contributed by atoms with Crippen molar-refractivity contribution >= 4 is 11.9 Å². The third kappa shape index (κ3) is 8.14. The van der Waals surface area contributed by atoms with Crippen molar-refractivity contribution in [1.29, 1.82) is 0 Å². The second-order valence-electron chi connectivity index (χ2n) is 13.0. The predicted molar refractivity (Wildman–Crippen MR) is 178 cm³/mol. The average molecular weight is 659 g/mol. The minimum Gasteiger partial charge on any atom is -0.453 e. The first kappa shape index (κ1) is 34.2. The third-order valence-electron chi connectivity index (χ3n) is 9.59. The monoisotopic (exact) mass is 658 g/mol. The first-order valence-electron chi connectivity index (χ1n) is 16.9. The van der Waals surface area contributed by atoms with E-state index in [0.717, 1.165) is 65.9 Å². The topological polar surface area (TPSA) is 116 Å². The summed E-state index contributed by atoms with van der Waals surface area (Å²) >= 11 is 0. The van der Waals surface area contributed by atoms with Crippen LogP contribution in [0.3, 0.4) is 0 Å². The molecule has 48 heavy (non-hydrogen) atoms. The molecule has 3 aliphatic heterocycles. The summed E-state index contributed by atoms with van der Waals surface area (Å²) in [6.45, 7) is 9.17. The molecule has 5 atom stereocenters. The molecule has 2 N–H and O–H groups in total. The molecule has 3 aliphatic rings. The summed E-state index contributed by atoms with van der Waals surface area (Å²) in [7, 11) is 0. The number of carbonyl (C=O) groups excluding carboxylic acids is 2.